The lowest BCUT2D eigenvalue weighted by molar-refractivity contribution is 0.0699. The number of benzene rings is 1. The van der Waals surface area contributed by atoms with Crippen LogP contribution < -0.4 is 0 Å². The zero-order valence-corrected chi connectivity index (χ0v) is 14.4. The second-order valence-electron chi connectivity index (χ2n) is 4.82. The van der Waals surface area contributed by atoms with Gasteiger partial charge in [-0.25, -0.2) is 0 Å². The molecule has 1 heterocycles. The Morgan fingerprint density at radius 3 is 2.95 bits per heavy atom. The number of alkyl halides is 1. The van der Waals surface area contributed by atoms with Crippen LogP contribution in [0.4, 0.5) is 0 Å². The second-order valence-corrected chi connectivity index (χ2v) is 6.71. The van der Waals surface area contributed by atoms with E-state index in [1.807, 2.05) is 4.90 Å². The highest BCUT2D eigenvalue weighted by Crippen LogP contribution is 2.25. The van der Waals surface area contributed by atoms with Gasteiger partial charge in [0.05, 0.1) is 5.56 Å². The molecule has 1 amide bonds. The number of aromatic hydroxyl groups is 1. The molecular weight excluding hydrogens is 421 g/mol. The van der Waals surface area contributed by atoms with Crippen molar-refractivity contribution in [3.05, 3.63) is 27.3 Å². The summed E-state index contributed by atoms with van der Waals surface area (Å²) in [5.41, 5.74) is 0.416. The smallest absolute Gasteiger partial charge is 0.257 e. The first-order chi connectivity index (χ1) is 9.13. The first kappa shape index (κ1) is 15.1. The van der Waals surface area contributed by atoms with Gasteiger partial charge in [-0.3, -0.25) is 4.79 Å². The van der Waals surface area contributed by atoms with Gasteiger partial charge in [-0.1, -0.05) is 28.8 Å². The summed E-state index contributed by atoms with van der Waals surface area (Å²) < 4.78 is 0.962. The van der Waals surface area contributed by atoms with E-state index in [2.05, 4.69) is 38.5 Å². The molecule has 5 heteroatoms. The third-order valence-corrected chi connectivity index (χ3v) is 4.92. The minimum absolute atomic E-state index is 0.0534. The summed E-state index contributed by atoms with van der Waals surface area (Å²) in [6.07, 6.45) is 4.41. The predicted octanol–water partition coefficient (Wildman–Crippen LogP) is 3.78. The second kappa shape index (κ2) is 6.92. The van der Waals surface area contributed by atoms with E-state index in [0.717, 1.165) is 28.3 Å². The number of likely N-dealkylation sites (tertiary alicyclic amines) is 1. The van der Waals surface area contributed by atoms with Gasteiger partial charge in [0.1, 0.15) is 5.75 Å². The fourth-order valence-electron chi connectivity index (χ4n) is 2.44. The van der Waals surface area contributed by atoms with E-state index in [-0.39, 0.29) is 17.7 Å². The molecule has 3 nitrogen and oxygen atoms in total. The van der Waals surface area contributed by atoms with Crippen LogP contribution in [0.1, 0.15) is 36.0 Å². The SMILES string of the molecule is O=C(c1cc(I)ccc1O)N1CCCCCC1CBr. The van der Waals surface area contributed by atoms with Gasteiger partial charge in [-0.2, -0.15) is 0 Å². The lowest BCUT2D eigenvalue weighted by atomic mass is 10.1. The van der Waals surface area contributed by atoms with Crippen LogP contribution in [0.15, 0.2) is 18.2 Å². The van der Waals surface area contributed by atoms with E-state index < -0.39 is 0 Å². The third kappa shape index (κ3) is 3.62. The number of rotatable bonds is 2. The van der Waals surface area contributed by atoms with Crippen LogP contribution in [-0.2, 0) is 0 Å². The molecule has 19 heavy (non-hydrogen) atoms. The summed E-state index contributed by atoms with van der Waals surface area (Å²) in [5, 5.41) is 10.7. The maximum Gasteiger partial charge on any atom is 0.257 e. The average molecular weight is 438 g/mol. The lowest BCUT2D eigenvalue weighted by Gasteiger charge is -2.29. The Morgan fingerprint density at radius 1 is 1.42 bits per heavy atom. The van der Waals surface area contributed by atoms with Crippen LogP contribution in [0.5, 0.6) is 5.75 Å². The number of nitrogens with zero attached hydrogens (tertiary/aromatic N) is 1. The van der Waals surface area contributed by atoms with Crippen molar-refractivity contribution >= 4 is 44.4 Å². The predicted molar refractivity (Wildman–Crippen MR) is 87.9 cm³/mol. The highest BCUT2D eigenvalue weighted by molar-refractivity contribution is 14.1. The van der Waals surface area contributed by atoms with Gasteiger partial charge in [0.25, 0.3) is 5.91 Å². The quantitative estimate of drug-likeness (QED) is 0.565. The van der Waals surface area contributed by atoms with Crippen molar-refractivity contribution in [3.63, 3.8) is 0 Å². The number of halogens is 2. The first-order valence-electron chi connectivity index (χ1n) is 6.49. The maximum absolute atomic E-state index is 12.6. The standard InChI is InChI=1S/C14H17BrINO2/c15-9-11-4-2-1-3-7-17(11)14(19)12-8-10(16)5-6-13(12)18/h5-6,8,11,18H,1-4,7,9H2. The Labute approximate surface area is 135 Å². The van der Waals surface area contributed by atoms with Crippen molar-refractivity contribution in [1.29, 1.82) is 0 Å². The Morgan fingerprint density at radius 2 is 2.21 bits per heavy atom. The molecule has 0 aliphatic carbocycles. The number of phenols is 1. The van der Waals surface area contributed by atoms with E-state index in [1.165, 1.54) is 12.8 Å². The number of amides is 1. The molecule has 1 fully saturated rings. The largest absolute Gasteiger partial charge is 0.507 e. The van der Waals surface area contributed by atoms with E-state index in [0.29, 0.717) is 5.56 Å². The molecule has 1 aliphatic rings. The van der Waals surface area contributed by atoms with Crippen LogP contribution in [0.2, 0.25) is 0 Å². The molecule has 0 bridgehead atoms. The summed E-state index contributed by atoms with van der Waals surface area (Å²) in [7, 11) is 0. The highest BCUT2D eigenvalue weighted by atomic mass is 127. The van der Waals surface area contributed by atoms with Crippen LogP contribution in [0.25, 0.3) is 0 Å². The Bertz CT molecular complexity index is 467. The van der Waals surface area contributed by atoms with Crippen molar-refractivity contribution in [1.82, 2.24) is 4.90 Å². The summed E-state index contributed by atoms with van der Waals surface area (Å²) in [6.45, 7) is 0.778. The number of hydrogen-bond acceptors (Lipinski definition) is 2. The molecule has 1 N–H and O–H groups in total. The molecule has 0 spiro atoms. The number of carbonyl (C=O) groups is 1. The molecule has 104 valence electrons. The van der Waals surface area contributed by atoms with Gasteiger partial charge >= 0.3 is 0 Å². The van der Waals surface area contributed by atoms with Crippen molar-refractivity contribution in [2.75, 3.05) is 11.9 Å². The van der Waals surface area contributed by atoms with E-state index in [1.54, 1.807) is 18.2 Å². The number of hydrogen-bond donors (Lipinski definition) is 1. The Balaban J connectivity index is 2.27. The molecule has 1 aromatic carbocycles. The fraction of sp³-hybridized carbons (Fsp3) is 0.500. The van der Waals surface area contributed by atoms with Crippen molar-refractivity contribution < 1.29 is 9.90 Å². The summed E-state index contributed by atoms with van der Waals surface area (Å²) >= 11 is 5.66. The molecular formula is C14H17BrINO2. The minimum atomic E-state index is -0.0534. The molecule has 1 aromatic rings. The topological polar surface area (TPSA) is 40.5 Å². The molecule has 1 unspecified atom stereocenters. The molecule has 0 radical (unpaired) electrons. The molecule has 1 saturated heterocycles. The van der Waals surface area contributed by atoms with E-state index in [4.69, 9.17) is 0 Å². The average Bonchev–Trinajstić information content (AvgIpc) is 2.65. The van der Waals surface area contributed by atoms with Crippen LogP contribution >= 0.6 is 38.5 Å². The number of phenolic OH excluding ortho intramolecular Hbond substituents is 1. The number of carbonyl (C=O) groups excluding carboxylic acids is 1. The molecule has 0 saturated carbocycles. The van der Waals surface area contributed by atoms with Crippen molar-refractivity contribution in [2.45, 2.75) is 31.7 Å². The summed E-state index contributed by atoms with van der Waals surface area (Å²) in [6, 6.07) is 5.38. The van der Waals surface area contributed by atoms with Gasteiger partial charge < -0.3 is 10.0 Å². The van der Waals surface area contributed by atoms with Crippen molar-refractivity contribution in [2.24, 2.45) is 0 Å². The van der Waals surface area contributed by atoms with Gasteiger partial charge in [0, 0.05) is 21.5 Å². The van der Waals surface area contributed by atoms with Crippen molar-refractivity contribution in [3.8, 4) is 5.75 Å². The minimum Gasteiger partial charge on any atom is -0.507 e. The monoisotopic (exact) mass is 437 g/mol. The molecule has 1 aliphatic heterocycles. The molecule has 1 atom stereocenters. The lowest BCUT2D eigenvalue weighted by Crippen LogP contribution is -2.41. The zero-order valence-electron chi connectivity index (χ0n) is 10.6. The third-order valence-electron chi connectivity index (χ3n) is 3.51. The van der Waals surface area contributed by atoms with Gasteiger partial charge in [0.2, 0.25) is 0 Å². The van der Waals surface area contributed by atoms with Crippen LogP contribution in [-0.4, -0.2) is 33.8 Å². The zero-order chi connectivity index (χ0) is 13.8. The van der Waals surface area contributed by atoms with E-state index >= 15 is 0 Å². The van der Waals surface area contributed by atoms with E-state index in [9.17, 15) is 9.90 Å². The van der Waals surface area contributed by atoms with Gasteiger partial charge in [0.15, 0.2) is 0 Å². The van der Waals surface area contributed by atoms with Gasteiger partial charge in [-0.15, -0.1) is 0 Å². The van der Waals surface area contributed by atoms with Gasteiger partial charge in [-0.05, 0) is 53.6 Å². The van der Waals surface area contributed by atoms with Crippen LogP contribution in [0.3, 0.4) is 0 Å². The van der Waals surface area contributed by atoms with Crippen LogP contribution in [0, 0.1) is 3.57 Å². The first-order valence-corrected chi connectivity index (χ1v) is 8.69. The Kier molecular flexibility index (Phi) is 5.50. The Hall–Kier alpha value is -0.300. The summed E-state index contributed by atoms with van der Waals surface area (Å²) in [5.74, 6) is 0.0188. The summed E-state index contributed by atoms with van der Waals surface area (Å²) in [4.78, 5) is 14.5. The fourth-order valence-corrected chi connectivity index (χ4v) is 3.60. The maximum atomic E-state index is 12.6. The molecule has 2 rings (SSSR count). The highest BCUT2D eigenvalue weighted by Gasteiger charge is 2.27. The molecule has 0 aromatic heterocycles. The normalized spacial score (nSPS) is 20.1.